The Kier molecular flexibility index (Phi) is 9.31. The van der Waals surface area contributed by atoms with Crippen LogP contribution in [-0.4, -0.2) is 41.6 Å². The number of aliphatic carboxylic acids is 1. The fourth-order valence-electron chi connectivity index (χ4n) is 6.04. The molecule has 1 aliphatic heterocycles. The molecular weight excluding hydrogens is 562 g/mol. The highest BCUT2D eigenvalue weighted by molar-refractivity contribution is 7.10. The highest BCUT2D eigenvalue weighted by atomic mass is 32.1. The molecule has 3 unspecified atom stereocenters. The lowest BCUT2D eigenvalue weighted by Gasteiger charge is -2.31. The molecule has 2 aromatic carbocycles. The number of hydrogen-bond donors (Lipinski definition) is 3. The summed E-state index contributed by atoms with van der Waals surface area (Å²) in [6, 6.07) is 16.5. The van der Waals surface area contributed by atoms with Gasteiger partial charge < -0.3 is 25.4 Å². The SMILES string of the molecule is COc1cc(CC(=O)N2CCC3=CC(C(CC(=O)O)c4cccs4)C(C)C=C2C3)ccc1NC(=O)Nc1ccccc1C. The average Bonchev–Trinajstić information content (AvgIpc) is 3.48. The highest BCUT2D eigenvalue weighted by Gasteiger charge is 2.34. The number of methoxy groups -OCH3 is 1. The van der Waals surface area contributed by atoms with Crippen molar-refractivity contribution >= 4 is 40.6 Å². The van der Waals surface area contributed by atoms with E-state index in [1.54, 1.807) is 23.5 Å². The number of amides is 3. The standard InChI is InChI=1S/C34H37N3O5S/c1-21-7-4-5-8-28(21)35-34(41)36-29-11-10-23(18-30(29)42-3)19-32(38)37-13-12-24-16-25(37)15-22(2)26(17-24)27(20-33(39)40)31-9-6-14-43-31/h4-11,14-15,17-18,22,26-27H,12-13,16,19-20H2,1-3H3,(H,39,40)(H2,35,36,41). The Morgan fingerprint density at radius 2 is 1.86 bits per heavy atom. The summed E-state index contributed by atoms with van der Waals surface area (Å²) in [7, 11) is 1.53. The van der Waals surface area contributed by atoms with E-state index in [0.717, 1.165) is 33.8 Å². The Morgan fingerprint density at radius 1 is 1.07 bits per heavy atom. The van der Waals surface area contributed by atoms with Gasteiger partial charge in [0.15, 0.2) is 0 Å². The van der Waals surface area contributed by atoms with Gasteiger partial charge in [-0.15, -0.1) is 11.3 Å². The normalized spacial score (nSPS) is 18.5. The quantitative estimate of drug-likeness (QED) is 0.225. The van der Waals surface area contributed by atoms with E-state index in [-0.39, 0.29) is 42.5 Å². The topological polar surface area (TPSA) is 108 Å². The maximum atomic E-state index is 13.6. The van der Waals surface area contributed by atoms with Gasteiger partial charge in [0.05, 0.1) is 25.6 Å². The summed E-state index contributed by atoms with van der Waals surface area (Å²) in [5.41, 5.74) is 5.21. The van der Waals surface area contributed by atoms with Crippen LogP contribution < -0.4 is 15.4 Å². The lowest BCUT2D eigenvalue weighted by molar-refractivity contribution is -0.137. The Labute approximate surface area is 256 Å². The molecule has 1 aliphatic carbocycles. The summed E-state index contributed by atoms with van der Waals surface area (Å²) < 4.78 is 5.55. The zero-order chi connectivity index (χ0) is 30.5. The van der Waals surface area contributed by atoms with Gasteiger partial charge in [-0.05, 0) is 66.0 Å². The average molecular weight is 600 g/mol. The Bertz CT molecular complexity index is 1560. The predicted octanol–water partition coefficient (Wildman–Crippen LogP) is 7.21. The molecule has 1 fully saturated rings. The number of allylic oxidation sites excluding steroid dienone is 3. The number of carboxylic acids is 1. The Balaban J connectivity index is 1.28. The predicted molar refractivity (Wildman–Crippen MR) is 170 cm³/mol. The van der Waals surface area contributed by atoms with E-state index >= 15 is 0 Å². The third-order valence-corrected chi connectivity index (χ3v) is 9.24. The number of carboxylic acid groups (broad SMARTS) is 1. The second-order valence-corrected chi connectivity index (χ2v) is 12.2. The van der Waals surface area contributed by atoms with Crippen molar-refractivity contribution < 1.29 is 24.2 Å². The first-order valence-electron chi connectivity index (χ1n) is 14.5. The van der Waals surface area contributed by atoms with E-state index < -0.39 is 5.97 Å². The summed E-state index contributed by atoms with van der Waals surface area (Å²) in [5, 5.41) is 17.3. The van der Waals surface area contributed by atoms with Crippen molar-refractivity contribution in [1.29, 1.82) is 0 Å². The van der Waals surface area contributed by atoms with Crippen molar-refractivity contribution in [3.05, 3.63) is 99.4 Å². The van der Waals surface area contributed by atoms with Crippen molar-refractivity contribution in [3.8, 4) is 5.75 Å². The molecule has 2 bridgehead atoms. The number of urea groups is 1. The first kappa shape index (κ1) is 30.1. The van der Waals surface area contributed by atoms with Crippen molar-refractivity contribution in [3.63, 3.8) is 0 Å². The van der Waals surface area contributed by atoms with Gasteiger partial charge in [-0.2, -0.15) is 0 Å². The second-order valence-electron chi connectivity index (χ2n) is 11.2. The van der Waals surface area contributed by atoms with Crippen LogP contribution in [0.3, 0.4) is 0 Å². The number of para-hydroxylation sites is 1. The fourth-order valence-corrected chi connectivity index (χ4v) is 6.92. The fraction of sp³-hybridized carbons (Fsp3) is 0.324. The first-order chi connectivity index (χ1) is 20.7. The first-order valence-corrected chi connectivity index (χ1v) is 15.4. The number of ether oxygens (including phenoxy) is 1. The molecule has 9 heteroatoms. The molecule has 2 aliphatic rings. The van der Waals surface area contributed by atoms with Crippen LogP contribution in [-0.2, 0) is 16.0 Å². The van der Waals surface area contributed by atoms with E-state index in [1.807, 2.05) is 59.7 Å². The minimum atomic E-state index is -0.802. The molecular formula is C34H37N3O5S. The Hall–Kier alpha value is -4.37. The van der Waals surface area contributed by atoms with Crippen LogP contribution in [0.4, 0.5) is 16.2 Å². The number of carbonyl (C=O) groups excluding carboxylic acids is 2. The molecule has 43 heavy (non-hydrogen) atoms. The van der Waals surface area contributed by atoms with E-state index in [1.165, 1.54) is 12.7 Å². The molecule has 3 aromatic rings. The molecule has 224 valence electrons. The van der Waals surface area contributed by atoms with Gasteiger partial charge in [-0.3, -0.25) is 9.59 Å². The number of likely N-dealkylation sites (tertiary alicyclic amines) is 1. The number of carbonyl (C=O) groups is 3. The number of fused-ring (bicyclic) bond motifs is 2. The van der Waals surface area contributed by atoms with Gasteiger partial charge in [-0.1, -0.05) is 55.0 Å². The summed E-state index contributed by atoms with van der Waals surface area (Å²) >= 11 is 1.60. The number of hydrogen-bond acceptors (Lipinski definition) is 5. The minimum absolute atomic E-state index is 0.00338. The molecule has 2 heterocycles. The number of nitrogens with one attached hydrogen (secondary N) is 2. The molecule has 0 saturated carbocycles. The number of aryl methyl sites for hydroxylation is 1. The van der Waals surface area contributed by atoms with Gasteiger partial charge in [0.2, 0.25) is 5.91 Å². The number of nitrogens with zero attached hydrogens (tertiary/aromatic N) is 1. The molecule has 8 nitrogen and oxygen atoms in total. The molecule has 1 saturated heterocycles. The van der Waals surface area contributed by atoms with Crippen LogP contribution in [0.15, 0.2) is 83.4 Å². The summed E-state index contributed by atoms with van der Waals surface area (Å²) in [6.45, 7) is 4.63. The lowest BCUT2D eigenvalue weighted by Crippen LogP contribution is -2.35. The van der Waals surface area contributed by atoms with E-state index in [2.05, 4.69) is 29.7 Å². The van der Waals surface area contributed by atoms with Crippen LogP contribution in [0.1, 0.15) is 48.1 Å². The summed E-state index contributed by atoms with van der Waals surface area (Å²) in [4.78, 5) is 41.0. The van der Waals surface area contributed by atoms with Gasteiger partial charge in [0, 0.05) is 35.1 Å². The maximum absolute atomic E-state index is 13.6. The van der Waals surface area contributed by atoms with Gasteiger partial charge in [0.1, 0.15) is 5.75 Å². The third kappa shape index (κ3) is 7.17. The molecule has 0 spiro atoms. The molecule has 3 N–H and O–H groups in total. The molecule has 3 amide bonds. The second kappa shape index (κ2) is 13.3. The molecule has 0 radical (unpaired) electrons. The minimum Gasteiger partial charge on any atom is -0.495 e. The van der Waals surface area contributed by atoms with Gasteiger partial charge in [0.25, 0.3) is 0 Å². The van der Waals surface area contributed by atoms with Crippen molar-refractivity contribution in [1.82, 2.24) is 4.90 Å². The summed E-state index contributed by atoms with van der Waals surface area (Å²) in [6.07, 6.45) is 6.16. The number of thiophene rings is 1. The zero-order valence-corrected chi connectivity index (χ0v) is 25.4. The van der Waals surface area contributed by atoms with Crippen molar-refractivity contribution in [2.45, 2.75) is 45.4 Å². The lowest BCUT2D eigenvalue weighted by atomic mass is 9.79. The van der Waals surface area contributed by atoms with E-state index in [9.17, 15) is 19.5 Å². The van der Waals surface area contributed by atoms with Crippen molar-refractivity contribution in [2.75, 3.05) is 24.3 Å². The van der Waals surface area contributed by atoms with Gasteiger partial charge >= 0.3 is 12.0 Å². The number of rotatable bonds is 9. The van der Waals surface area contributed by atoms with E-state index in [4.69, 9.17) is 4.74 Å². The van der Waals surface area contributed by atoms with Crippen LogP contribution >= 0.6 is 11.3 Å². The number of piperidine rings is 1. The summed E-state index contributed by atoms with van der Waals surface area (Å²) in [5.74, 6) is -0.329. The highest BCUT2D eigenvalue weighted by Crippen LogP contribution is 2.42. The van der Waals surface area contributed by atoms with Crippen molar-refractivity contribution in [2.24, 2.45) is 11.8 Å². The third-order valence-electron chi connectivity index (χ3n) is 8.23. The van der Waals surface area contributed by atoms with Crippen LogP contribution in [0, 0.1) is 18.8 Å². The van der Waals surface area contributed by atoms with Crippen LogP contribution in [0.2, 0.25) is 0 Å². The molecule has 3 atom stereocenters. The van der Waals surface area contributed by atoms with Crippen LogP contribution in [0.5, 0.6) is 5.75 Å². The molecule has 5 rings (SSSR count). The smallest absolute Gasteiger partial charge is 0.323 e. The van der Waals surface area contributed by atoms with Gasteiger partial charge in [-0.25, -0.2) is 4.79 Å². The Morgan fingerprint density at radius 3 is 2.58 bits per heavy atom. The number of benzene rings is 2. The maximum Gasteiger partial charge on any atom is 0.323 e. The van der Waals surface area contributed by atoms with E-state index in [0.29, 0.717) is 24.4 Å². The monoisotopic (exact) mass is 599 g/mol. The van der Waals surface area contributed by atoms with Crippen LogP contribution in [0.25, 0.3) is 0 Å². The number of anilines is 2. The molecule has 1 aromatic heterocycles. The largest absolute Gasteiger partial charge is 0.495 e. The zero-order valence-electron chi connectivity index (χ0n) is 24.6.